The Kier molecular flexibility index (Phi) is 16.3. The molecule has 0 saturated carbocycles. The number of rotatable bonds is 16. The summed E-state index contributed by atoms with van der Waals surface area (Å²) in [5.41, 5.74) is 3.63. The molecule has 0 atom stereocenters. The van der Waals surface area contributed by atoms with E-state index >= 15 is 0 Å². The summed E-state index contributed by atoms with van der Waals surface area (Å²) in [7, 11) is -1.39. The molecule has 166 valence electrons. The van der Waals surface area contributed by atoms with Gasteiger partial charge in [0.25, 0.3) is 0 Å². The van der Waals surface area contributed by atoms with Crippen LogP contribution in [0.2, 0.25) is 18.1 Å². The minimum atomic E-state index is -1.39. The van der Waals surface area contributed by atoms with Crippen molar-refractivity contribution in [3.05, 3.63) is 0 Å². The fraction of sp³-hybridized carbons (Fsp3) is 0.920. The van der Waals surface area contributed by atoms with Gasteiger partial charge in [-0.2, -0.15) is 0 Å². The molecule has 0 spiro atoms. The van der Waals surface area contributed by atoms with Crippen molar-refractivity contribution in [1.82, 2.24) is 0 Å². The Hall–Kier alpha value is -0.303. The van der Waals surface area contributed by atoms with Crippen molar-refractivity contribution in [2.45, 2.75) is 129 Å². The van der Waals surface area contributed by atoms with Crippen LogP contribution in [0, 0.1) is 11.5 Å². The number of ether oxygens (including phenoxy) is 2. The van der Waals surface area contributed by atoms with Crippen molar-refractivity contribution in [2.75, 3.05) is 19.8 Å². The van der Waals surface area contributed by atoms with Gasteiger partial charge in [0.05, 0.1) is 6.10 Å². The summed E-state index contributed by atoms with van der Waals surface area (Å²) in [6.07, 6.45) is 14.5. The lowest BCUT2D eigenvalue weighted by molar-refractivity contribution is 0.0507. The van der Waals surface area contributed by atoms with Gasteiger partial charge in [-0.05, 0) is 38.1 Å². The Bertz CT molecular complexity index is 412. The van der Waals surface area contributed by atoms with E-state index in [9.17, 15) is 0 Å². The van der Waals surface area contributed by atoms with Crippen molar-refractivity contribution in [3.8, 4) is 11.5 Å². The van der Waals surface area contributed by atoms with Crippen molar-refractivity contribution in [1.29, 1.82) is 0 Å². The molecule has 0 aromatic heterocycles. The number of hydrogen-bond donors (Lipinski definition) is 0. The molecule has 0 aliphatic rings. The van der Waals surface area contributed by atoms with E-state index < -0.39 is 8.07 Å². The zero-order valence-corrected chi connectivity index (χ0v) is 21.3. The summed E-state index contributed by atoms with van der Waals surface area (Å²) >= 11 is 0. The molecule has 3 heteroatoms. The predicted molar refractivity (Wildman–Crippen MR) is 128 cm³/mol. The third kappa shape index (κ3) is 16.6. The zero-order valence-electron chi connectivity index (χ0n) is 20.3. The van der Waals surface area contributed by atoms with Gasteiger partial charge in [-0.3, -0.25) is 0 Å². The van der Waals surface area contributed by atoms with E-state index in [1.807, 2.05) is 0 Å². The molecular formula is C25H50O2Si. The molecule has 0 aliphatic heterocycles. The second-order valence-electron chi connectivity index (χ2n) is 9.99. The normalized spacial score (nSPS) is 12.3. The summed E-state index contributed by atoms with van der Waals surface area (Å²) < 4.78 is 11.2. The maximum Gasteiger partial charge on any atom is 0.137 e. The summed E-state index contributed by atoms with van der Waals surface area (Å²) in [5, 5.41) is 0.383. The molecule has 0 aliphatic carbocycles. The Morgan fingerprint density at radius 1 is 0.714 bits per heavy atom. The van der Waals surface area contributed by atoms with E-state index in [0.717, 1.165) is 32.7 Å². The molecule has 0 unspecified atom stereocenters. The van der Waals surface area contributed by atoms with Gasteiger partial charge in [0.15, 0.2) is 0 Å². The molecule has 28 heavy (non-hydrogen) atoms. The van der Waals surface area contributed by atoms with Gasteiger partial charge in [-0.1, -0.05) is 78.8 Å². The van der Waals surface area contributed by atoms with E-state index in [2.05, 4.69) is 59.2 Å². The van der Waals surface area contributed by atoms with Gasteiger partial charge >= 0.3 is 0 Å². The van der Waals surface area contributed by atoms with Crippen LogP contribution in [0.15, 0.2) is 0 Å². The van der Waals surface area contributed by atoms with Gasteiger partial charge < -0.3 is 9.47 Å². The summed E-state index contributed by atoms with van der Waals surface area (Å²) in [6.45, 7) is 18.5. The average Bonchev–Trinajstić information content (AvgIpc) is 2.59. The Labute approximate surface area is 178 Å². The lowest BCUT2D eigenvalue weighted by atomic mass is 10.1. The van der Waals surface area contributed by atoms with Crippen molar-refractivity contribution in [2.24, 2.45) is 0 Å². The van der Waals surface area contributed by atoms with Gasteiger partial charge in [0.1, 0.15) is 8.07 Å². The maximum atomic E-state index is 5.66. The molecule has 0 bridgehead atoms. The second kappa shape index (κ2) is 16.5. The first kappa shape index (κ1) is 27.7. The summed E-state index contributed by atoms with van der Waals surface area (Å²) in [5.74, 6) is 3.48. The van der Waals surface area contributed by atoms with Crippen LogP contribution in [-0.4, -0.2) is 34.0 Å². The fourth-order valence-electron chi connectivity index (χ4n) is 2.71. The minimum Gasteiger partial charge on any atom is -0.381 e. The standard InChI is InChI=1S/C25H50O2Si/c1-24(2)27-22-19-21-26-20-17-15-13-11-9-8-10-12-14-16-18-23-28(6,7)25(3,4)5/h24H,8-17,19-22H2,1-7H3. The first-order valence-corrected chi connectivity index (χ1v) is 14.9. The molecule has 0 saturated heterocycles. The number of unbranched alkanes of at least 4 members (excludes halogenated alkanes) is 9. The lowest BCUT2D eigenvalue weighted by Gasteiger charge is -2.31. The van der Waals surface area contributed by atoms with Crippen LogP contribution in [0.5, 0.6) is 0 Å². The van der Waals surface area contributed by atoms with Crippen LogP contribution < -0.4 is 0 Å². The van der Waals surface area contributed by atoms with Crippen molar-refractivity contribution >= 4 is 8.07 Å². The molecule has 2 nitrogen and oxygen atoms in total. The third-order valence-electron chi connectivity index (χ3n) is 5.75. The van der Waals surface area contributed by atoms with Crippen molar-refractivity contribution in [3.63, 3.8) is 0 Å². The molecule has 0 heterocycles. The Morgan fingerprint density at radius 2 is 1.21 bits per heavy atom. The van der Waals surface area contributed by atoms with Crippen LogP contribution in [0.1, 0.15) is 105 Å². The third-order valence-corrected chi connectivity index (χ3v) is 10.3. The summed E-state index contributed by atoms with van der Waals surface area (Å²) in [6, 6.07) is 0. The first-order valence-electron chi connectivity index (χ1n) is 11.9. The molecule has 0 aromatic carbocycles. The highest BCUT2D eigenvalue weighted by molar-refractivity contribution is 6.87. The van der Waals surface area contributed by atoms with E-state index in [1.54, 1.807) is 0 Å². The predicted octanol–water partition coefficient (Wildman–Crippen LogP) is 7.77. The van der Waals surface area contributed by atoms with E-state index in [0.29, 0.717) is 11.1 Å². The van der Waals surface area contributed by atoms with Crippen LogP contribution in [0.25, 0.3) is 0 Å². The molecule has 0 radical (unpaired) electrons. The van der Waals surface area contributed by atoms with Crippen LogP contribution in [-0.2, 0) is 9.47 Å². The molecule has 0 rings (SSSR count). The van der Waals surface area contributed by atoms with Gasteiger partial charge in [-0.15, -0.1) is 11.5 Å². The Morgan fingerprint density at radius 3 is 1.75 bits per heavy atom. The largest absolute Gasteiger partial charge is 0.381 e. The Balaban J connectivity index is 3.31. The average molecular weight is 411 g/mol. The molecular weight excluding hydrogens is 360 g/mol. The highest BCUT2D eigenvalue weighted by atomic mass is 28.3. The van der Waals surface area contributed by atoms with E-state index in [-0.39, 0.29) is 0 Å². The first-order chi connectivity index (χ1) is 13.2. The molecule has 0 aromatic rings. The molecule has 0 N–H and O–H groups in total. The van der Waals surface area contributed by atoms with Gasteiger partial charge in [0, 0.05) is 26.2 Å². The fourth-order valence-corrected chi connectivity index (χ4v) is 3.65. The minimum absolute atomic E-state index is 0.334. The molecule has 0 amide bonds. The highest BCUT2D eigenvalue weighted by Crippen LogP contribution is 2.35. The van der Waals surface area contributed by atoms with Gasteiger partial charge in [-0.25, -0.2) is 0 Å². The smallest absolute Gasteiger partial charge is 0.137 e. The summed E-state index contributed by atoms with van der Waals surface area (Å²) in [4.78, 5) is 0. The van der Waals surface area contributed by atoms with Crippen LogP contribution in [0.4, 0.5) is 0 Å². The maximum absolute atomic E-state index is 5.66. The lowest BCUT2D eigenvalue weighted by Crippen LogP contribution is -2.35. The highest BCUT2D eigenvalue weighted by Gasteiger charge is 2.33. The topological polar surface area (TPSA) is 18.5 Å². The number of hydrogen-bond acceptors (Lipinski definition) is 2. The monoisotopic (exact) mass is 410 g/mol. The van der Waals surface area contributed by atoms with E-state index in [4.69, 9.17) is 9.47 Å². The zero-order chi connectivity index (χ0) is 21.3. The van der Waals surface area contributed by atoms with Crippen molar-refractivity contribution < 1.29 is 9.47 Å². The van der Waals surface area contributed by atoms with Crippen LogP contribution >= 0.6 is 0 Å². The van der Waals surface area contributed by atoms with Gasteiger partial charge in [0.2, 0.25) is 0 Å². The van der Waals surface area contributed by atoms with E-state index in [1.165, 1.54) is 57.8 Å². The van der Waals surface area contributed by atoms with Crippen LogP contribution in [0.3, 0.4) is 0 Å². The second-order valence-corrected chi connectivity index (χ2v) is 15.0. The molecule has 0 fully saturated rings. The SMILES string of the molecule is CC(C)OCCCOCCCCCCCCCCCC#C[Si](C)(C)C(C)(C)C. The quantitative estimate of drug-likeness (QED) is 0.147.